The molecule has 0 amide bonds. The molecule has 0 bridgehead atoms. The van der Waals surface area contributed by atoms with Crippen LogP contribution in [0, 0.1) is 0 Å². The van der Waals surface area contributed by atoms with E-state index in [9.17, 15) is 14.4 Å². The van der Waals surface area contributed by atoms with Crippen LogP contribution in [0.1, 0.15) is 23.7 Å². The molecular formula is C16H15ClN2O4. The van der Waals surface area contributed by atoms with Crippen LogP contribution < -0.4 is 5.56 Å². The monoisotopic (exact) mass is 334 g/mol. The number of carbonyl (C=O) groups is 2. The van der Waals surface area contributed by atoms with Crippen LogP contribution in [0.4, 0.5) is 0 Å². The Hall–Kier alpha value is -2.60. The number of hydrogen-bond donors (Lipinski definition) is 3. The summed E-state index contributed by atoms with van der Waals surface area (Å²) in [6, 6.07) is 6.97. The van der Waals surface area contributed by atoms with Gasteiger partial charge in [-0.05, 0) is 24.3 Å². The fourth-order valence-electron chi connectivity index (χ4n) is 2.09. The van der Waals surface area contributed by atoms with Crippen molar-refractivity contribution >= 4 is 45.2 Å². The summed E-state index contributed by atoms with van der Waals surface area (Å²) in [6.07, 6.45) is 1.93. The van der Waals surface area contributed by atoms with Crippen LogP contribution in [0.3, 0.4) is 0 Å². The number of fused-ring (bicyclic) bond motifs is 3. The molecule has 3 N–H and O–H groups in total. The minimum absolute atomic E-state index is 0.0505. The molecule has 0 unspecified atom stereocenters. The van der Waals surface area contributed by atoms with Crippen molar-refractivity contribution in [1.29, 1.82) is 0 Å². The highest BCUT2D eigenvalue weighted by atomic mass is 35.5. The van der Waals surface area contributed by atoms with Crippen LogP contribution >= 0.6 is 11.6 Å². The predicted octanol–water partition coefficient (Wildman–Crippen LogP) is 2.91. The summed E-state index contributed by atoms with van der Waals surface area (Å²) >= 11 is 5.55. The minimum atomic E-state index is -0.745. The molecule has 3 aromatic rings. The fourth-order valence-corrected chi connectivity index (χ4v) is 2.25. The molecule has 0 atom stereocenters. The highest BCUT2D eigenvalue weighted by Gasteiger charge is 2.09. The predicted molar refractivity (Wildman–Crippen MR) is 89.4 cm³/mol. The van der Waals surface area contributed by atoms with E-state index >= 15 is 0 Å². The molecular weight excluding hydrogens is 320 g/mol. The molecule has 2 heterocycles. The molecule has 6 nitrogen and oxygen atoms in total. The van der Waals surface area contributed by atoms with Crippen LogP contribution in [-0.4, -0.2) is 32.7 Å². The average Bonchev–Trinajstić information content (AvgIpc) is 3.05. The first-order valence-electron chi connectivity index (χ1n) is 6.92. The SMILES string of the molecule is CCC(=O)O.O=C(CCl)c1ccc2[nH]c(=O)c3[nH]ccc3c2c1. The number of nitrogens with one attached hydrogen (secondary N) is 2. The number of halogens is 1. The molecule has 7 heteroatoms. The van der Waals surface area contributed by atoms with Crippen molar-refractivity contribution in [2.45, 2.75) is 13.3 Å². The summed E-state index contributed by atoms with van der Waals surface area (Å²) < 4.78 is 0. The first-order valence-corrected chi connectivity index (χ1v) is 7.45. The summed E-state index contributed by atoms with van der Waals surface area (Å²) in [6.45, 7) is 1.60. The van der Waals surface area contributed by atoms with Crippen molar-refractivity contribution in [2.24, 2.45) is 0 Å². The number of benzene rings is 1. The standard InChI is InChI=1S/C13H9ClN2O2.C3H6O2/c14-6-11(17)7-1-2-10-9(5-7)8-3-4-15-12(8)13(18)16-10;1-2-3(4)5/h1-5,15H,6H2,(H,16,18);2H2,1H3,(H,4,5). The van der Waals surface area contributed by atoms with E-state index < -0.39 is 5.97 Å². The first-order chi connectivity index (χ1) is 11.0. The van der Waals surface area contributed by atoms with Gasteiger partial charge in [0.2, 0.25) is 0 Å². The third-order valence-corrected chi connectivity index (χ3v) is 3.52. The van der Waals surface area contributed by atoms with Gasteiger partial charge in [-0.15, -0.1) is 11.6 Å². The highest BCUT2D eigenvalue weighted by Crippen LogP contribution is 2.21. The number of carbonyl (C=O) groups excluding carboxylic acids is 1. The molecule has 23 heavy (non-hydrogen) atoms. The van der Waals surface area contributed by atoms with E-state index in [1.165, 1.54) is 0 Å². The van der Waals surface area contributed by atoms with E-state index in [0.717, 1.165) is 10.8 Å². The van der Waals surface area contributed by atoms with Crippen LogP contribution in [-0.2, 0) is 4.79 Å². The van der Waals surface area contributed by atoms with E-state index in [4.69, 9.17) is 16.7 Å². The van der Waals surface area contributed by atoms with Crippen LogP contribution in [0.2, 0.25) is 0 Å². The van der Waals surface area contributed by atoms with Crippen molar-refractivity contribution in [3.05, 3.63) is 46.4 Å². The van der Waals surface area contributed by atoms with Crippen molar-refractivity contribution in [3.63, 3.8) is 0 Å². The van der Waals surface area contributed by atoms with Crippen LogP contribution in [0.25, 0.3) is 21.8 Å². The van der Waals surface area contributed by atoms with Crippen LogP contribution in [0.5, 0.6) is 0 Å². The second-order valence-corrected chi connectivity index (χ2v) is 5.05. The Labute approximate surface area is 136 Å². The molecule has 0 fully saturated rings. The maximum Gasteiger partial charge on any atom is 0.303 e. The number of aromatic nitrogens is 2. The molecule has 1 aromatic carbocycles. The van der Waals surface area contributed by atoms with Crippen molar-refractivity contribution in [3.8, 4) is 0 Å². The van der Waals surface area contributed by atoms with E-state index in [1.807, 2.05) is 6.07 Å². The van der Waals surface area contributed by atoms with Gasteiger partial charge in [0.25, 0.3) is 5.56 Å². The number of aliphatic carboxylic acids is 1. The Bertz CT molecular complexity index is 927. The van der Waals surface area contributed by atoms with Crippen molar-refractivity contribution in [2.75, 3.05) is 5.88 Å². The van der Waals surface area contributed by atoms with Gasteiger partial charge >= 0.3 is 5.97 Å². The van der Waals surface area contributed by atoms with E-state index in [2.05, 4.69) is 9.97 Å². The Kier molecular flexibility index (Phi) is 5.18. The van der Waals surface area contributed by atoms with Crippen LogP contribution in [0.15, 0.2) is 35.3 Å². The summed E-state index contributed by atoms with van der Waals surface area (Å²) in [5, 5.41) is 9.36. The Morgan fingerprint density at radius 3 is 2.52 bits per heavy atom. The quantitative estimate of drug-likeness (QED) is 0.506. The number of carboxylic acids is 1. The molecule has 120 valence electrons. The second kappa shape index (κ2) is 7.11. The van der Waals surface area contributed by atoms with Crippen molar-refractivity contribution < 1.29 is 14.7 Å². The zero-order chi connectivity index (χ0) is 17.0. The maximum absolute atomic E-state index is 11.8. The number of rotatable bonds is 3. The smallest absolute Gasteiger partial charge is 0.303 e. The van der Waals surface area contributed by atoms with Crippen molar-refractivity contribution in [1.82, 2.24) is 9.97 Å². The zero-order valence-electron chi connectivity index (χ0n) is 12.4. The normalized spacial score (nSPS) is 10.3. The number of aromatic amines is 2. The summed E-state index contributed by atoms with van der Waals surface area (Å²) in [5.74, 6) is -0.927. The highest BCUT2D eigenvalue weighted by molar-refractivity contribution is 6.30. The number of H-pyrrole nitrogens is 2. The summed E-state index contributed by atoms with van der Waals surface area (Å²) in [5.41, 5.74) is 1.60. The number of carboxylic acid groups (broad SMARTS) is 1. The second-order valence-electron chi connectivity index (χ2n) is 4.78. The Balaban J connectivity index is 0.000000338. The van der Waals surface area contributed by atoms with E-state index in [-0.39, 0.29) is 23.6 Å². The van der Waals surface area contributed by atoms with E-state index in [0.29, 0.717) is 16.6 Å². The third kappa shape index (κ3) is 3.60. The molecule has 2 aromatic heterocycles. The van der Waals surface area contributed by atoms with Gasteiger partial charge in [-0.2, -0.15) is 0 Å². The van der Waals surface area contributed by atoms with Gasteiger partial charge in [0.15, 0.2) is 5.78 Å². The fraction of sp³-hybridized carbons (Fsp3) is 0.188. The summed E-state index contributed by atoms with van der Waals surface area (Å²) in [4.78, 5) is 38.4. The minimum Gasteiger partial charge on any atom is -0.481 e. The molecule has 0 spiro atoms. The zero-order valence-corrected chi connectivity index (χ0v) is 13.1. The average molecular weight is 335 g/mol. The Morgan fingerprint density at radius 1 is 1.22 bits per heavy atom. The first kappa shape index (κ1) is 16.8. The van der Waals surface area contributed by atoms with Gasteiger partial charge in [-0.3, -0.25) is 14.4 Å². The van der Waals surface area contributed by atoms with Gasteiger partial charge in [0.05, 0.1) is 5.88 Å². The molecule has 0 aliphatic carbocycles. The molecule has 0 aliphatic heterocycles. The summed E-state index contributed by atoms with van der Waals surface area (Å²) in [7, 11) is 0. The lowest BCUT2D eigenvalue weighted by Gasteiger charge is -2.02. The van der Waals surface area contributed by atoms with Gasteiger partial charge in [-0.1, -0.05) is 6.92 Å². The van der Waals surface area contributed by atoms with E-state index in [1.54, 1.807) is 31.3 Å². The molecule has 0 radical (unpaired) electrons. The lowest BCUT2D eigenvalue weighted by atomic mass is 10.1. The molecule has 0 aliphatic rings. The molecule has 0 saturated heterocycles. The third-order valence-electron chi connectivity index (χ3n) is 3.28. The molecule has 0 saturated carbocycles. The number of pyridine rings is 1. The molecule has 3 rings (SSSR count). The van der Waals surface area contributed by atoms with Gasteiger partial charge in [-0.25, -0.2) is 0 Å². The van der Waals surface area contributed by atoms with Gasteiger partial charge in [0, 0.05) is 34.5 Å². The Morgan fingerprint density at radius 2 is 1.91 bits per heavy atom. The number of alkyl halides is 1. The maximum atomic E-state index is 11.8. The largest absolute Gasteiger partial charge is 0.481 e. The lowest BCUT2D eigenvalue weighted by Crippen LogP contribution is -2.07. The van der Waals surface area contributed by atoms with Gasteiger partial charge < -0.3 is 15.1 Å². The van der Waals surface area contributed by atoms with Gasteiger partial charge in [0.1, 0.15) is 5.52 Å². The number of Topliss-reactive ketones (excluding diaryl/α,β-unsaturated/α-hetero) is 1. The number of ketones is 1. The topological polar surface area (TPSA) is 103 Å². The lowest BCUT2D eigenvalue weighted by molar-refractivity contribution is -0.136. The number of hydrogen-bond acceptors (Lipinski definition) is 3.